The molecule has 1 aliphatic rings. The minimum Gasteiger partial charge on any atom is -0.374 e. The minimum atomic E-state index is -0.500. The Morgan fingerprint density at radius 2 is 2.23 bits per heavy atom. The fourth-order valence-electron chi connectivity index (χ4n) is 3.93. The number of H-pyrrole nitrogens is 1. The summed E-state index contributed by atoms with van der Waals surface area (Å²) in [5.74, 6) is 0.544. The lowest BCUT2D eigenvalue weighted by atomic mass is 9.93. The Balaban J connectivity index is 1.46. The molecular formula is C21H25ClFN7O. The van der Waals surface area contributed by atoms with Gasteiger partial charge in [-0.2, -0.15) is 5.10 Å². The van der Waals surface area contributed by atoms with Crippen molar-refractivity contribution < 1.29 is 9.18 Å². The number of hydrogen-bond acceptors (Lipinski definition) is 6. The number of amides is 1. The van der Waals surface area contributed by atoms with E-state index >= 15 is 0 Å². The summed E-state index contributed by atoms with van der Waals surface area (Å²) in [6.07, 6.45) is 4.70. The van der Waals surface area contributed by atoms with Crippen LogP contribution in [0.25, 0.3) is 11.0 Å². The van der Waals surface area contributed by atoms with Crippen molar-refractivity contribution in [1.29, 1.82) is 0 Å². The number of fused-ring (bicyclic) bond motifs is 1. The fourth-order valence-corrected chi connectivity index (χ4v) is 4.15. The number of aromatic nitrogens is 4. The van der Waals surface area contributed by atoms with E-state index in [1.807, 2.05) is 6.92 Å². The van der Waals surface area contributed by atoms with E-state index in [2.05, 4.69) is 42.6 Å². The van der Waals surface area contributed by atoms with Crippen LogP contribution < -0.4 is 15.5 Å². The largest absolute Gasteiger partial charge is 0.374 e. The van der Waals surface area contributed by atoms with Crippen LogP contribution in [0.5, 0.6) is 0 Å². The first-order chi connectivity index (χ1) is 14.9. The maximum Gasteiger partial charge on any atom is 0.242 e. The van der Waals surface area contributed by atoms with Crippen molar-refractivity contribution in [1.82, 2.24) is 25.5 Å². The summed E-state index contributed by atoms with van der Waals surface area (Å²) in [6.45, 7) is 5.51. The highest BCUT2D eigenvalue weighted by atomic mass is 35.5. The molecule has 0 bridgehead atoms. The molecule has 3 atom stereocenters. The topological polar surface area (TPSA) is 98.8 Å². The Hall–Kier alpha value is -2.94. The molecule has 0 radical (unpaired) electrons. The number of aromatic amines is 1. The Morgan fingerprint density at radius 1 is 1.39 bits per heavy atom. The molecule has 1 aliphatic heterocycles. The zero-order valence-electron chi connectivity index (χ0n) is 17.4. The molecule has 1 amide bonds. The van der Waals surface area contributed by atoms with Gasteiger partial charge >= 0.3 is 0 Å². The number of piperidine rings is 1. The van der Waals surface area contributed by atoms with Crippen LogP contribution >= 0.6 is 11.6 Å². The first kappa shape index (κ1) is 21.3. The molecule has 1 fully saturated rings. The average molecular weight is 446 g/mol. The Kier molecular flexibility index (Phi) is 6.22. The number of halogens is 2. The first-order valence-electron chi connectivity index (χ1n) is 10.4. The normalized spacial score (nSPS) is 19.9. The van der Waals surface area contributed by atoms with Gasteiger partial charge in [0.1, 0.15) is 24.0 Å². The average Bonchev–Trinajstić information content (AvgIpc) is 3.22. The SMILES string of the molecule is CC[C@@H](Nc1cc(F)cc(Cl)c1)C(=O)N[C@H]1CN(c2ncnc3[nH]ncc23)CC[C@@H]1C. The third-order valence-corrected chi connectivity index (χ3v) is 5.96. The number of rotatable bonds is 6. The predicted octanol–water partition coefficient (Wildman–Crippen LogP) is 3.37. The van der Waals surface area contributed by atoms with Crippen LogP contribution in [0.2, 0.25) is 5.02 Å². The number of hydrogen-bond donors (Lipinski definition) is 3. The van der Waals surface area contributed by atoms with Gasteiger partial charge in [0.2, 0.25) is 5.91 Å². The van der Waals surface area contributed by atoms with Gasteiger partial charge in [0.05, 0.1) is 11.6 Å². The minimum absolute atomic E-state index is 0.0508. The van der Waals surface area contributed by atoms with E-state index in [0.717, 1.165) is 24.2 Å². The summed E-state index contributed by atoms with van der Waals surface area (Å²) in [4.78, 5) is 23.8. The van der Waals surface area contributed by atoms with Crippen LogP contribution in [0, 0.1) is 11.7 Å². The van der Waals surface area contributed by atoms with E-state index in [9.17, 15) is 9.18 Å². The highest BCUT2D eigenvalue weighted by Crippen LogP contribution is 2.27. The first-order valence-corrected chi connectivity index (χ1v) is 10.7. The van der Waals surface area contributed by atoms with Crippen molar-refractivity contribution in [3.63, 3.8) is 0 Å². The van der Waals surface area contributed by atoms with Gasteiger partial charge in [-0.3, -0.25) is 9.89 Å². The number of nitrogens with one attached hydrogen (secondary N) is 3. The fraction of sp³-hybridized carbons (Fsp3) is 0.429. The quantitative estimate of drug-likeness (QED) is 0.538. The molecule has 3 aromatic rings. The molecule has 0 unspecified atom stereocenters. The maximum atomic E-state index is 13.7. The lowest BCUT2D eigenvalue weighted by Gasteiger charge is -2.38. The highest BCUT2D eigenvalue weighted by Gasteiger charge is 2.31. The Labute approximate surface area is 184 Å². The van der Waals surface area contributed by atoms with Crippen LogP contribution in [-0.4, -0.2) is 51.2 Å². The van der Waals surface area contributed by atoms with Crippen LogP contribution in [0.3, 0.4) is 0 Å². The van der Waals surface area contributed by atoms with Gasteiger partial charge in [-0.05, 0) is 37.0 Å². The summed E-state index contributed by atoms with van der Waals surface area (Å²) < 4.78 is 13.7. The number of nitrogens with zero attached hydrogens (tertiary/aromatic N) is 4. The van der Waals surface area contributed by atoms with Gasteiger partial charge in [0.25, 0.3) is 0 Å². The molecule has 1 saturated heterocycles. The molecule has 10 heteroatoms. The van der Waals surface area contributed by atoms with Crippen molar-refractivity contribution in [3.05, 3.63) is 41.6 Å². The third kappa shape index (κ3) is 4.71. The highest BCUT2D eigenvalue weighted by molar-refractivity contribution is 6.30. The lowest BCUT2D eigenvalue weighted by molar-refractivity contribution is -0.123. The Morgan fingerprint density at radius 3 is 3.00 bits per heavy atom. The summed E-state index contributed by atoms with van der Waals surface area (Å²) in [6, 6.07) is 3.62. The van der Waals surface area contributed by atoms with E-state index in [0.29, 0.717) is 30.2 Å². The van der Waals surface area contributed by atoms with E-state index < -0.39 is 11.9 Å². The van der Waals surface area contributed by atoms with Crippen LogP contribution in [0.4, 0.5) is 15.9 Å². The molecule has 0 spiro atoms. The molecular weight excluding hydrogens is 421 g/mol. The van der Waals surface area contributed by atoms with Crippen molar-refractivity contribution in [2.45, 2.75) is 38.8 Å². The van der Waals surface area contributed by atoms with Crippen molar-refractivity contribution in [2.24, 2.45) is 5.92 Å². The molecule has 2 aromatic heterocycles. The van der Waals surface area contributed by atoms with Crippen LogP contribution in [-0.2, 0) is 4.79 Å². The molecule has 3 N–H and O–H groups in total. The van der Waals surface area contributed by atoms with E-state index in [-0.39, 0.29) is 17.0 Å². The van der Waals surface area contributed by atoms with Gasteiger partial charge < -0.3 is 15.5 Å². The molecule has 4 rings (SSSR count). The second-order valence-electron chi connectivity index (χ2n) is 7.92. The summed E-state index contributed by atoms with van der Waals surface area (Å²) in [5.41, 5.74) is 1.17. The van der Waals surface area contributed by atoms with Gasteiger partial charge in [-0.1, -0.05) is 25.4 Å². The second-order valence-corrected chi connectivity index (χ2v) is 8.36. The molecule has 31 heavy (non-hydrogen) atoms. The molecule has 0 saturated carbocycles. The van der Waals surface area contributed by atoms with Crippen LogP contribution in [0.1, 0.15) is 26.7 Å². The number of carbonyl (C=O) groups is 1. The summed E-state index contributed by atoms with van der Waals surface area (Å²) >= 11 is 5.94. The third-order valence-electron chi connectivity index (χ3n) is 5.74. The van der Waals surface area contributed by atoms with Gasteiger partial charge in [-0.15, -0.1) is 0 Å². The number of anilines is 2. The molecule has 0 aliphatic carbocycles. The zero-order valence-corrected chi connectivity index (χ0v) is 18.2. The maximum absolute atomic E-state index is 13.7. The van der Waals surface area contributed by atoms with E-state index in [1.165, 1.54) is 18.5 Å². The second kappa shape index (κ2) is 9.05. The monoisotopic (exact) mass is 445 g/mol. The lowest BCUT2D eigenvalue weighted by Crippen LogP contribution is -2.55. The smallest absolute Gasteiger partial charge is 0.242 e. The van der Waals surface area contributed by atoms with E-state index in [1.54, 1.807) is 12.3 Å². The molecule has 1 aromatic carbocycles. The summed E-state index contributed by atoms with van der Waals surface area (Å²) in [7, 11) is 0. The van der Waals surface area contributed by atoms with Gasteiger partial charge in [0.15, 0.2) is 5.65 Å². The van der Waals surface area contributed by atoms with Gasteiger partial charge in [-0.25, -0.2) is 14.4 Å². The number of carbonyl (C=O) groups excluding carboxylic acids is 1. The zero-order chi connectivity index (χ0) is 22.0. The van der Waals surface area contributed by atoms with Crippen molar-refractivity contribution >= 4 is 40.0 Å². The van der Waals surface area contributed by atoms with Crippen molar-refractivity contribution in [3.8, 4) is 0 Å². The molecule has 164 valence electrons. The van der Waals surface area contributed by atoms with Gasteiger partial charge in [0, 0.05) is 29.8 Å². The molecule has 8 nitrogen and oxygen atoms in total. The Bertz CT molecular complexity index is 1050. The predicted molar refractivity (Wildman–Crippen MR) is 119 cm³/mol. The standard InChI is InChI=1S/C21H25ClFN7O/c1-3-17(27-15-7-13(22)6-14(23)8-15)21(31)28-18-10-30(5-4-12(18)2)20-16-9-26-29-19(16)24-11-25-20/h6-9,11-12,17-18,27H,3-5,10H2,1-2H3,(H,28,31)(H,24,25,26,29)/t12-,17+,18-/m0/s1. The molecule has 3 heterocycles. The number of benzene rings is 1. The van der Waals surface area contributed by atoms with E-state index in [4.69, 9.17) is 11.6 Å². The van der Waals surface area contributed by atoms with Crippen molar-refractivity contribution in [2.75, 3.05) is 23.3 Å². The van der Waals surface area contributed by atoms with Crippen LogP contribution in [0.15, 0.2) is 30.7 Å². The summed E-state index contributed by atoms with van der Waals surface area (Å²) in [5, 5.41) is 14.3.